The Morgan fingerprint density at radius 1 is 1.36 bits per heavy atom. The summed E-state index contributed by atoms with van der Waals surface area (Å²) in [4.78, 5) is 10.9. The van der Waals surface area contributed by atoms with Crippen LogP contribution in [0.3, 0.4) is 0 Å². The molecule has 0 aliphatic rings. The van der Waals surface area contributed by atoms with Gasteiger partial charge in [-0.05, 0) is 33.3 Å². The third-order valence-electron chi connectivity index (χ3n) is 1.56. The molecular weight excluding hydrogens is 180 g/mol. The molecule has 0 spiro atoms. The van der Waals surface area contributed by atoms with Crippen molar-refractivity contribution in [2.24, 2.45) is 0 Å². The van der Waals surface area contributed by atoms with Crippen molar-refractivity contribution in [3.8, 4) is 0 Å². The summed E-state index contributed by atoms with van der Waals surface area (Å²) in [5.74, 6) is -1.03. The van der Waals surface area contributed by atoms with Crippen molar-refractivity contribution in [2.45, 2.75) is 39.4 Å². The number of carbonyl (C=O) groups is 1. The number of carboxylic acids is 1. The van der Waals surface area contributed by atoms with E-state index in [4.69, 9.17) is 9.84 Å². The van der Waals surface area contributed by atoms with Gasteiger partial charge < -0.3 is 9.84 Å². The minimum Gasteiger partial charge on any atom is -0.479 e. The van der Waals surface area contributed by atoms with Crippen molar-refractivity contribution < 1.29 is 14.6 Å². The van der Waals surface area contributed by atoms with Gasteiger partial charge in [-0.25, -0.2) is 4.79 Å². The third-order valence-corrected chi connectivity index (χ3v) is 1.56. The maximum atomic E-state index is 10.9. The lowest BCUT2D eigenvalue weighted by Gasteiger charge is -2.26. The lowest BCUT2D eigenvalue weighted by molar-refractivity contribution is -0.155. The highest BCUT2D eigenvalue weighted by Gasteiger charge is 2.27. The van der Waals surface area contributed by atoms with E-state index >= 15 is 0 Å². The summed E-state index contributed by atoms with van der Waals surface area (Å²) < 4.78 is 5.36. The van der Waals surface area contributed by atoms with Crippen molar-refractivity contribution in [3.05, 3.63) is 24.3 Å². The Morgan fingerprint density at radius 2 is 1.79 bits per heavy atom. The highest BCUT2D eigenvalue weighted by atomic mass is 16.5. The monoisotopic (exact) mass is 198 g/mol. The number of carboxylic acid groups (broad SMARTS) is 1. The fourth-order valence-corrected chi connectivity index (χ4v) is 0.848. The van der Waals surface area contributed by atoms with Crippen LogP contribution in [0.25, 0.3) is 0 Å². The van der Waals surface area contributed by atoms with Crippen molar-refractivity contribution >= 4 is 5.97 Å². The molecule has 1 unspecified atom stereocenters. The SMILES string of the molecule is C=C(C)C(=C)C(OC(C)(C)C)C(=O)O. The summed E-state index contributed by atoms with van der Waals surface area (Å²) >= 11 is 0. The van der Waals surface area contributed by atoms with Gasteiger partial charge in [-0.3, -0.25) is 0 Å². The molecule has 0 aliphatic heterocycles. The quantitative estimate of drug-likeness (QED) is 0.705. The Kier molecular flexibility index (Phi) is 4.08. The smallest absolute Gasteiger partial charge is 0.337 e. The van der Waals surface area contributed by atoms with E-state index in [2.05, 4.69) is 13.2 Å². The lowest BCUT2D eigenvalue weighted by Crippen LogP contribution is -2.34. The van der Waals surface area contributed by atoms with Gasteiger partial charge in [0, 0.05) is 0 Å². The molecule has 0 amide bonds. The molecule has 0 aliphatic carbocycles. The summed E-state index contributed by atoms with van der Waals surface area (Å²) in [5.41, 5.74) is 0.524. The van der Waals surface area contributed by atoms with Crippen LogP contribution in [0, 0.1) is 0 Å². The second-order valence-corrected chi connectivity index (χ2v) is 4.25. The average Bonchev–Trinajstić information content (AvgIpc) is 1.96. The van der Waals surface area contributed by atoms with E-state index in [-0.39, 0.29) is 0 Å². The van der Waals surface area contributed by atoms with Crippen LogP contribution >= 0.6 is 0 Å². The van der Waals surface area contributed by atoms with Gasteiger partial charge >= 0.3 is 5.97 Å². The van der Waals surface area contributed by atoms with E-state index < -0.39 is 17.7 Å². The molecule has 0 aromatic heterocycles. The van der Waals surface area contributed by atoms with Gasteiger partial charge in [0.2, 0.25) is 0 Å². The highest BCUT2D eigenvalue weighted by molar-refractivity contribution is 5.77. The van der Waals surface area contributed by atoms with Crippen LogP contribution < -0.4 is 0 Å². The summed E-state index contributed by atoms with van der Waals surface area (Å²) in [6, 6.07) is 0. The van der Waals surface area contributed by atoms with Crippen molar-refractivity contribution in [3.63, 3.8) is 0 Å². The molecule has 80 valence electrons. The Hall–Kier alpha value is -1.09. The van der Waals surface area contributed by atoms with Crippen molar-refractivity contribution in [2.75, 3.05) is 0 Å². The van der Waals surface area contributed by atoms with E-state index in [0.29, 0.717) is 11.1 Å². The largest absolute Gasteiger partial charge is 0.479 e. The number of aliphatic carboxylic acids is 1. The summed E-state index contributed by atoms with van der Waals surface area (Å²) in [7, 11) is 0. The molecule has 14 heavy (non-hydrogen) atoms. The molecule has 0 bridgehead atoms. The Labute approximate surface area is 85.1 Å². The minimum atomic E-state index is -1.03. The molecule has 0 aromatic rings. The predicted molar refractivity (Wildman–Crippen MR) is 56.2 cm³/mol. The maximum Gasteiger partial charge on any atom is 0.337 e. The fourth-order valence-electron chi connectivity index (χ4n) is 0.848. The number of hydrogen-bond acceptors (Lipinski definition) is 2. The second kappa shape index (κ2) is 4.42. The molecular formula is C11H18O3. The van der Waals surface area contributed by atoms with Crippen LogP contribution in [0.1, 0.15) is 27.7 Å². The van der Waals surface area contributed by atoms with Crippen molar-refractivity contribution in [1.82, 2.24) is 0 Å². The zero-order valence-electron chi connectivity index (χ0n) is 9.26. The molecule has 3 nitrogen and oxygen atoms in total. The maximum absolute atomic E-state index is 10.9. The minimum absolute atomic E-state index is 0.410. The second-order valence-electron chi connectivity index (χ2n) is 4.25. The summed E-state index contributed by atoms with van der Waals surface area (Å²) in [5, 5.41) is 8.93. The van der Waals surface area contributed by atoms with Gasteiger partial charge in [0.05, 0.1) is 5.60 Å². The van der Waals surface area contributed by atoms with Crippen LogP contribution in [0.4, 0.5) is 0 Å². The van der Waals surface area contributed by atoms with Gasteiger partial charge in [0.25, 0.3) is 0 Å². The first-order valence-corrected chi connectivity index (χ1v) is 4.40. The zero-order valence-corrected chi connectivity index (χ0v) is 9.26. The molecule has 0 saturated carbocycles. The molecule has 1 N–H and O–H groups in total. The summed E-state index contributed by atoms with van der Waals surface area (Å²) in [6.45, 7) is 14.4. The first kappa shape index (κ1) is 12.9. The Morgan fingerprint density at radius 3 is 2.00 bits per heavy atom. The first-order chi connectivity index (χ1) is 6.15. The molecule has 0 radical (unpaired) electrons. The number of rotatable bonds is 4. The van der Waals surface area contributed by atoms with E-state index in [1.807, 2.05) is 0 Å². The molecule has 0 heterocycles. The zero-order chi connectivity index (χ0) is 11.5. The van der Waals surface area contributed by atoms with E-state index in [9.17, 15) is 4.79 Å². The van der Waals surface area contributed by atoms with Crippen LogP contribution in [0.15, 0.2) is 24.3 Å². The highest BCUT2D eigenvalue weighted by Crippen LogP contribution is 2.19. The Balaban J connectivity index is 4.71. The first-order valence-electron chi connectivity index (χ1n) is 4.40. The van der Waals surface area contributed by atoms with Crippen LogP contribution in [-0.2, 0) is 9.53 Å². The number of hydrogen-bond donors (Lipinski definition) is 1. The molecule has 1 atom stereocenters. The van der Waals surface area contributed by atoms with Gasteiger partial charge in [-0.1, -0.05) is 18.7 Å². The standard InChI is InChI=1S/C11H18O3/c1-7(2)8(3)9(10(12)13)14-11(4,5)6/h9H,1,3H2,2,4-6H3,(H,12,13). The fraction of sp³-hybridized carbons (Fsp3) is 0.545. The molecule has 0 rings (SSSR count). The van der Waals surface area contributed by atoms with Crippen LogP contribution in [-0.4, -0.2) is 22.8 Å². The topological polar surface area (TPSA) is 46.5 Å². The lowest BCUT2D eigenvalue weighted by atomic mass is 10.0. The Bertz CT molecular complexity index is 258. The molecule has 0 fully saturated rings. The normalized spacial score (nSPS) is 13.4. The number of ether oxygens (including phenoxy) is 1. The molecule has 0 saturated heterocycles. The summed E-state index contributed by atoms with van der Waals surface area (Å²) in [6.07, 6.45) is -1.01. The third kappa shape index (κ3) is 4.23. The van der Waals surface area contributed by atoms with Gasteiger partial charge in [-0.15, -0.1) is 0 Å². The van der Waals surface area contributed by atoms with E-state index in [1.165, 1.54) is 0 Å². The van der Waals surface area contributed by atoms with Crippen molar-refractivity contribution in [1.29, 1.82) is 0 Å². The van der Waals surface area contributed by atoms with Gasteiger partial charge in [-0.2, -0.15) is 0 Å². The van der Waals surface area contributed by atoms with Gasteiger partial charge in [0.1, 0.15) is 0 Å². The predicted octanol–water partition coefficient (Wildman–Crippen LogP) is 2.39. The molecule has 3 heteroatoms. The molecule has 0 aromatic carbocycles. The van der Waals surface area contributed by atoms with Crippen LogP contribution in [0.2, 0.25) is 0 Å². The van der Waals surface area contributed by atoms with E-state index in [0.717, 1.165) is 0 Å². The van der Waals surface area contributed by atoms with E-state index in [1.54, 1.807) is 27.7 Å². The van der Waals surface area contributed by atoms with Crippen LogP contribution in [0.5, 0.6) is 0 Å². The average molecular weight is 198 g/mol. The van der Waals surface area contributed by atoms with Gasteiger partial charge in [0.15, 0.2) is 6.10 Å².